The predicted octanol–water partition coefficient (Wildman–Crippen LogP) is 1.19. The quantitative estimate of drug-likeness (QED) is 0.902. The number of aryl methyl sites for hydroxylation is 1. The minimum Gasteiger partial charge on any atom is -0.314 e. The van der Waals surface area contributed by atoms with Gasteiger partial charge in [-0.3, -0.25) is 9.80 Å². The van der Waals surface area contributed by atoms with Gasteiger partial charge in [-0.25, -0.2) is 0 Å². The molecule has 122 valence electrons. The molecule has 0 amide bonds. The lowest BCUT2D eigenvalue weighted by molar-refractivity contribution is 0.0816. The fraction of sp³-hybridized carbons (Fsp3) is 0.667. The molecule has 0 radical (unpaired) electrons. The van der Waals surface area contributed by atoms with Crippen LogP contribution in [-0.4, -0.2) is 80.7 Å². The van der Waals surface area contributed by atoms with Gasteiger partial charge in [0.2, 0.25) is 0 Å². The Morgan fingerprint density at radius 1 is 0.955 bits per heavy atom. The van der Waals surface area contributed by atoms with Gasteiger partial charge < -0.3 is 10.2 Å². The molecule has 2 saturated heterocycles. The molecule has 2 fully saturated rings. The Balaban J connectivity index is 1.73. The minimum absolute atomic E-state index is 0.535. The molecule has 22 heavy (non-hydrogen) atoms. The van der Waals surface area contributed by atoms with Gasteiger partial charge >= 0.3 is 0 Å². The summed E-state index contributed by atoms with van der Waals surface area (Å²) in [6.07, 6.45) is 0. The molecule has 2 aliphatic heterocycles. The summed E-state index contributed by atoms with van der Waals surface area (Å²) in [6.45, 7) is 12.7. The molecule has 2 heterocycles. The highest BCUT2D eigenvalue weighted by Gasteiger charge is 2.26. The normalized spacial score (nSPS) is 23.5. The van der Waals surface area contributed by atoms with Crippen LogP contribution < -0.4 is 5.32 Å². The molecule has 0 aromatic heterocycles. The second-order valence-corrected chi connectivity index (χ2v) is 6.82. The Bertz CT molecular complexity index is 445. The predicted molar refractivity (Wildman–Crippen MR) is 92.3 cm³/mol. The van der Waals surface area contributed by atoms with Crippen LogP contribution in [0, 0.1) is 6.92 Å². The first-order chi connectivity index (χ1) is 10.7. The number of hydrogen-bond donors (Lipinski definition) is 1. The first-order valence-corrected chi connectivity index (χ1v) is 8.64. The van der Waals surface area contributed by atoms with Crippen LogP contribution in [0.1, 0.15) is 17.2 Å². The maximum atomic E-state index is 3.46. The van der Waals surface area contributed by atoms with Crippen LogP contribution in [0.4, 0.5) is 0 Å². The first-order valence-electron chi connectivity index (χ1n) is 8.64. The summed E-state index contributed by atoms with van der Waals surface area (Å²) < 4.78 is 0. The van der Waals surface area contributed by atoms with Crippen molar-refractivity contribution in [3.8, 4) is 0 Å². The Morgan fingerprint density at radius 2 is 1.59 bits per heavy atom. The lowest BCUT2D eigenvalue weighted by Gasteiger charge is -2.41. The van der Waals surface area contributed by atoms with Crippen LogP contribution in [0.5, 0.6) is 0 Å². The number of rotatable bonds is 4. The number of nitrogens with zero attached hydrogens (tertiary/aromatic N) is 3. The van der Waals surface area contributed by atoms with Gasteiger partial charge in [-0.05, 0) is 19.5 Å². The van der Waals surface area contributed by atoms with Crippen molar-refractivity contribution in [3.05, 3.63) is 35.4 Å². The molecule has 0 bridgehead atoms. The number of nitrogens with one attached hydrogen (secondary N) is 1. The van der Waals surface area contributed by atoms with E-state index in [4.69, 9.17) is 0 Å². The number of hydrogen-bond acceptors (Lipinski definition) is 4. The molecule has 0 spiro atoms. The lowest BCUT2D eigenvalue weighted by Crippen LogP contribution is -2.51. The average molecular weight is 302 g/mol. The second kappa shape index (κ2) is 7.55. The van der Waals surface area contributed by atoms with Gasteiger partial charge in [-0.1, -0.05) is 29.8 Å². The van der Waals surface area contributed by atoms with Gasteiger partial charge in [0.15, 0.2) is 0 Å². The monoisotopic (exact) mass is 302 g/mol. The van der Waals surface area contributed by atoms with Crippen molar-refractivity contribution in [2.45, 2.75) is 13.0 Å². The molecule has 0 saturated carbocycles. The van der Waals surface area contributed by atoms with Crippen LogP contribution in [0.25, 0.3) is 0 Å². The summed E-state index contributed by atoms with van der Waals surface area (Å²) in [5.41, 5.74) is 2.83. The largest absolute Gasteiger partial charge is 0.314 e. The highest BCUT2D eigenvalue weighted by Crippen LogP contribution is 2.24. The number of piperazine rings is 2. The van der Waals surface area contributed by atoms with E-state index in [0.29, 0.717) is 6.04 Å². The minimum atomic E-state index is 0.535. The van der Waals surface area contributed by atoms with Gasteiger partial charge in [0, 0.05) is 64.9 Å². The molecular weight excluding hydrogens is 272 g/mol. The third-order valence-corrected chi connectivity index (χ3v) is 5.08. The van der Waals surface area contributed by atoms with E-state index in [9.17, 15) is 0 Å². The smallest absolute Gasteiger partial charge is 0.0476 e. The van der Waals surface area contributed by atoms with E-state index >= 15 is 0 Å². The Hall–Kier alpha value is -0.940. The van der Waals surface area contributed by atoms with E-state index in [-0.39, 0.29) is 0 Å². The molecule has 1 N–H and O–H groups in total. The molecule has 1 unspecified atom stereocenters. The summed E-state index contributed by atoms with van der Waals surface area (Å²) in [4.78, 5) is 7.75. The zero-order valence-corrected chi connectivity index (χ0v) is 14.1. The first kappa shape index (κ1) is 15.9. The topological polar surface area (TPSA) is 21.8 Å². The van der Waals surface area contributed by atoms with Crippen LogP contribution in [0.2, 0.25) is 0 Å². The third-order valence-electron chi connectivity index (χ3n) is 5.08. The van der Waals surface area contributed by atoms with Crippen molar-refractivity contribution >= 4 is 0 Å². The van der Waals surface area contributed by atoms with E-state index in [1.165, 1.54) is 50.4 Å². The molecule has 1 aromatic rings. The molecule has 1 aromatic carbocycles. The summed E-state index contributed by atoms with van der Waals surface area (Å²) in [5.74, 6) is 0. The fourth-order valence-electron chi connectivity index (χ4n) is 3.49. The lowest BCUT2D eigenvalue weighted by atomic mass is 10.0. The van der Waals surface area contributed by atoms with Crippen LogP contribution in [0.15, 0.2) is 24.3 Å². The van der Waals surface area contributed by atoms with Gasteiger partial charge in [-0.2, -0.15) is 0 Å². The van der Waals surface area contributed by atoms with Crippen molar-refractivity contribution < 1.29 is 0 Å². The van der Waals surface area contributed by atoms with Crippen molar-refractivity contribution in [1.29, 1.82) is 0 Å². The van der Waals surface area contributed by atoms with Crippen LogP contribution >= 0.6 is 0 Å². The van der Waals surface area contributed by atoms with Gasteiger partial charge in [0.05, 0.1) is 0 Å². The Kier molecular flexibility index (Phi) is 5.47. The molecule has 4 heteroatoms. The van der Waals surface area contributed by atoms with Crippen LogP contribution in [-0.2, 0) is 0 Å². The van der Waals surface area contributed by atoms with Crippen LogP contribution in [0.3, 0.4) is 0 Å². The van der Waals surface area contributed by atoms with Crippen molar-refractivity contribution in [2.24, 2.45) is 0 Å². The van der Waals surface area contributed by atoms with E-state index in [1.807, 2.05) is 0 Å². The summed E-state index contributed by atoms with van der Waals surface area (Å²) >= 11 is 0. The second-order valence-electron chi connectivity index (χ2n) is 6.82. The van der Waals surface area contributed by atoms with Gasteiger partial charge in [0.1, 0.15) is 0 Å². The van der Waals surface area contributed by atoms with Crippen molar-refractivity contribution in [1.82, 2.24) is 20.0 Å². The molecule has 3 rings (SSSR count). The maximum Gasteiger partial charge on any atom is 0.0476 e. The van der Waals surface area contributed by atoms with Crippen molar-refractivity contribution in [3.63, 3.8) is 0 Å². The molecular formula is C18H30N4. The zero-order chi connectivity index (χ0) is 15.4. The maximum absolute atomic E-state index is 3.46. The van der Waals surface area contributed by atoms with E-state index in [1.54, 1.807) is 0 Å². The number of benzene rings is 1. The summed E-state index contributed by atoms with van der Waals surface area (Å²) in [7, 11) is 2.23. The summed E-state index contributed by atoms with van der Waals surface area (Å²) in [6, 6.07) is 9.72. The van der Waals surface area contributed by atoms with E-state index < -0.39 is 0 Å². The SMILES string of the molecule is Cc1ccc(C(CN2CCNCC2)N2CCN(C)CC2)cc1. The molecule has 4 nitrogen and oxygen atoms in total. The molecule has 2 aliphatic rings. The summed E-state index contributed by atoms with van der Waals surface area (Å²) in [5, 5.41) is 3.46. The fourth-order valence-corrected chi connectivity index (χ4v) is 3.49. The van der Waals surface area contributed by atoms with E-state index in [0.717, 1.165) is 19.6 Å². The highest BCUT2D eigenvalue weighted by atomic mass is 15.3. The highest BCUT2D eigenvalue weighted by molar-refractivity contribution is 5.24. The molecule has 1 atom stereocenters. The van der Waals surface area contributed by atoms with E-state index in [2.05, 4.69) is 58.3 Å². The van der Waals surface area contributed by atoms with Gasteiger partial charge in [0.25, 0.3) is 0 Å². The number of likely N-dealkylation sites (N-methyl/N-ethyl adjacent to an activating group) is 1. The molecule has 0 aliphatic carbocycles. The Morgan fingerprint density at radius 3 is 2.23 bits per heavy atom. The zero-order valence-electron chi connectivity index (χ0n) is 14.1. The average Bonchev–Trinajstić information content (AvgIpc) is 2.56. The van der Waals surface area contributed by atoms with Crippen molar-refractivity contribution in [2.75, 3.05) is 66.0 Å². The Labute approximate surface area is 135 Å². The third kappa shape index (κ3) is 4.07. The standard InChI is InChI=1S/C18H30N4/c1-16-3-5-17(6-4-16)18(15-21-9-7-19-8-10-21)22-13-11-20(2)12-14-22/h3-6,18-19H,7-15H2,1-2H3. The van der Waals surface area contributed by atoms with Gasteiger partial charge in [-0.15, -0.1) is 0 Å².